The first-order valence-electron chi connectivity index (χ1n) is 5.03. The standard InChI is InChI=1S/C11H10BrF5O/c12-9(3-4-18-6-11(15,16)17)8-2-1-7(13)5-10(8)14/h1-2,5,9H,3-4,6H2. The van der Waals surface area contributed by atoms with Crippen molar-refractivity contribution in [2.75, 3.05) is 13.2 Å². The highest BCUT2D eigenvalue weighted by atomic mass is 79.9. The van der Waals surface area contributed by atoms with E-state index in [1.165, 1.54) is 6.07 Å². The second-order valence-electron chi connectivity index (χ2n) is 3.59. The molecule has 0 spiro atoms. The maximum atomic E-state index is 13.3. The average Bonchev–Trinajstić information content (AvgIpc) is 2.22. The fourth-order valence-corrected chi connectivity index (χ4v) is 1.84. The van der Waals surface area contributed by atoms with Crippen molar-refractivity contribution in [2.24, 2.45) is 0 Å². The van der Waals surface area contributed by atoms with E-state index in [-0.39, 0.29) is 18.6 Å². The van der Waals surface area contributed by atoms with Crippen LogP contribution < -0.4 is 0 Å². The SMILES string of the molecule is Fc1ccc(C(Br)CCOCC(F)(F)F)c(F)c1. The van der Waals surface area contributed by atoms with Crippen LogP contribution in [0.2, 0.25) is 0 Å². The Hall–Kier alpha value is -0.690. The largest absolute Gasteiger partial charge is 0.411 e. The van der Waals surface area contributed by atoms with Crippen LogP contribution in [0.1, 0.15) is 16.8 Å². The summed E-state index contributed by atoms with van der Waals surface area (Å²) in [5, 5.41) is 0. The molecule has 0 fully saturated rings. The van der Waals surface area contributed by atoms with Crippen LogP contribution in [0.25, 0.3) is 0 Å². The Balaban J connectivity index is 2.43. The van der Waals surface area contributed by atoms with Crippen LogP contribution in [-0.4, -0.2) is 19.4 Å². The Kier molecular flexibility index (Phi) is 5.52. The summed E-state index contributed by atoms with van der Waals surface area (Å²) in [6.07, 6.45) is -4.22. The third-order valence-electron chi connectivity index (χ3n) is 2.08. The Bertz CT molecular complexity index is 394. The molecule has 0 aliphatic heterocycles. The first-order chi connectivity index (χ1) is 8.29. The van der Waals surface area contributed by atoms with Gasteiger partial charge in [0.15, 0.2) is 0 Å². The molecule has 18 heavy (non-hydrogen) atoms. The zero-order chi connectivity index (χ0) is 13.8. The highest BCUT2D eigenvalue weighted by Gasteiger charge is 2.27. The molecular weight excluding hydrogens is 323 g/mol. The molecule has 1 nitrogen and oxygen atoms in total. The summed E-state index contributed by atoms with van der Waals surface area (Å²) in [5.41, 5.74) is 0.187. The van der Waals surface area contributed by atoms with E-state index in [0.717, 1.165) is 12.1 Å². The minimum Gasteiger partial charge on any atom is -0.372 e. The summed E-state index contributed by atoms with van der Waals surface area (Å²) in [6, 6.07) is 3.05. The number of hydrogen-bond donors (Lipinski definition) is 0. The number of hydrogen-bond acceptors (Lipinski definition) is 1. The van der Waals surface area contributed by atoms with Gasteiger partial charge in [0.2, 0.25) is 0 Å². The van der Waals surface area contributed by atoms with Crippen LogP contribution in [0, 0.1) is 11.6 Å². The minimum atomic E-state index is -4.37. The Morgan fingerprint density at radius 3 is 2.44 bits per heavy atom. The highest BCUT2D eigenvalue weighted by Crippen LogP contribution is 2.29. The van der Waals surface area contributed by atoms with E-state index in [0.29, 0.717) is 0 Å². The molecule has 1 atom stereocenters. The number of rotatable bonds is 5. The second kappa shape index (κ2) is 6.47. The molecular formula is C11H10BrF5O. The van der Waals surface area contributed by atoms with E-state index in [1.807, 2.05) is 0 Å². The van der Waals surface area contributed by atoms with E-state index < -0.39 is 29.2 Å². The number of halogens is 6. The monoisotopic (exact) mass is 332 g/mol. The van der Waals surface area contributed by atoms with Crippen LogP contribution in [0.15, 0.2) is 18.2 Å². The van der Waals surface area contributed by atoms with Crippen LogP contribution >= 0.6 is 15.9 Å². The molecule has 0 N–H and O–H groups in total. The lowest BCUT2D eigenvalue weighted by molar-refractivity contribution is -0.174. The van der Waals surface area contributed by atoms with E-state index in [9.17, 15) is 22.0 Å². The van der Waals surface area contributed by atoms with E-state index in [2.05, 4.69) is 20.7 Å². The van der Waals surface area contributed by atoms with Crippen molar-refractivity contribution in [1.82, 2.24) is 0 Å². The first-order valence-corrected chi connectivity index (χ1v) is 5.94. The van der Waals surface area contributed by atoms with Crippen LogP contribution in [0.5, 0.6) is 0 Å². The molecule has 0 radical (unpaired) electrons. The summed E-state index contributed by atoms with van der Waals surface area (Å²) < 4.78 is 65.7. The van der Waals surface area contributed by atoms with Crippen molar-refractivity contribution < 1.29 is 26.7 Å². The van der Waals surface area contributed by atoms with Gasteiger partial charge in [0, 0.05) is 23.1 Å². The van der Waals surface area contributed by atoms with Gasteiger partial charge in [-0.3, -0.25) is 0 Å². The van der Waals surface area contributed by atoms with Crippen molar-refractivity contribution in [1.29, 1.82) is 0 Å². The summed E-state index contributed by atoms with van der Waals surface area (Å²) in [5.74, 6) is -1.45. The molecule has 0 aliphatic carbocycles. The summed E-state index contributed by atoms with van der Waals surface area (Å²) in [7, 11) is 0. The minimum absolute atomic E-state index is 0.151. The Morgan fingerprint density at radius 2 is 1.89 bits per heavy atom. The quantitative estimate of drug-likeness (QED) is 0.442. The van der Waals surface area contributed by atoms with E-state index >= 15 is 0 Å². The number of ether oxygens (including phenoxy) is 1. The molecule has 0 aliphatic rings. The summed E-state index contributed by atoms with van der Waals surface area (Å²) in [4.78, 5) is -0.522. The van der Waals surface area contributed by atoms with Gasteiger partial charge in [-0.2, -0.15) is 13.2 Å². The topological polar surface area (TPSA) is 9.23 Å². The molecule has 0 aromatic heterocycles. The lowest BCUT2D eigenvalue weighted by Gasteiger charge is -2.12. The van der Waals surface area contributed by atoms with Gasteiger partial charge in [0.25, 0.3) is 0 Å². The zero-order valence-corrected chi connectivity index (χ0v) is 10.7. The van der Waals surface area contributed by atoms with Gasteiger partial charge in [-0.25, -0.2) is 8.78 Å². The fraction of sp³-hybridized carbons (Fsp3) is 0.455. The van der Waals surface area contributed by atoms with Crippen molar-refractivity contribution in [3.8, 4) is 0 Å². The molecule has 1 unspecified atom stereocenters. The Labute approximate surface area is 109 Å². The summed E-state index contributed by atoms with van der Waals surface area (Å²) in [6.45, 7) is -1.51. The zero-order valence-electron chi connectivity index (χ0n) is 9.11. The van der Waals surface area contributed by atoms with E-state index in [1.54, 1.807) is 0 Å². The predicted molar refractivity (Wildman–Crippen MR) is 59.5 cm³/mol. The van der Waals surface area contributed by atoms with Gasteiger partial charge < -0.3 is 4.74 Å². The molecule has 102 valence electrons. The van der Waals surface area contributed by atoms with Gasteiger partial charge in [0.1, 0.15) is 18.2 Å². The number of benzene rings is 1. The second-order valence-corrected chi connectivity index (χ2v) is 4.70. The van der Waals surface area contributed by atoms with Gasteiger partial charge in [0.05, 0.1) is 0 Å². The van der Waals surface area contributed by atoms with E-state index in [4.69, 9.17) is 0 Å². The molecule has 0 heterocycles. The van der Waals surface area contributed by atoms with Gasteiger partial charge >= 0.3 is 6.18 Å². The predicted octanol–water partition coefficient (Wildman–Crippen LogP) is 4.37. The maximum absolute atomic E-state index is 13.3. The molecule has 7 heteroatoms. The first kappa shape index (κ1) is 15.4. The van der Waals surface area contributed by atoms with Gasteiger partial charge in [-0.1, -0.05) is 22.0 Å². The summed E-state index contributed by atoms with van der Waals surface area (Å²) >= 11 is 3.12. The molecule has 1 aromatic rings. The maximum Gasteiger partial charge on any atom is 0.411 e. The molecule has 1 aromatic carbocycles. The molecule has 0 saturated heterocycles. The third-order valence-corrected chi connectivity index (χ3v) is 3.03. The van der Waals surface area contributed by atoms with Crippen molar-refractivity contribution in [3.05, 3.63) is 35.4 Å². The van der Waals surface area contributed by atoms with Crippen molar-refractivity contribution in [3.63, 3.8) is 0 Å². The highest BCUT2D eigenvalue weighted by molar-refractivity contribution is 9.09. The van der Waals surface area contributed by atoms with Crippen LogP contribution in [-0.2, 0) is 4.74 Å². The Morgan fingerprint density at radius 1 is 1.22 bits per heavy atom. The lowest BCUT2D eigenvalue weighted by atomic mass is 10.1. The molecule has 0 saturated carbocycles. The van der Waals surface area contributed by atoms with Gasteiger partial charge in [-0.15, -0.1) is 0 Å². The molecule has 0 bridgehead atoms. The fourth-order valence-electron chi connectivity index (χ4n) is 1.29. The molecule has 1 rings (SSSR count). The molecule has 0 amide bonds. The van der Waals surface area contributed by atoms with Crippen LogP contribution in [0.3, 0.4) is 0 Å². The average molecular weight is 333 g/mol. The number of alkyl halides is 4. The van der Waals surface area contributed by atoms with Crippen molar-refractivity contribution in [2.45, 2.75) is 17.4 Å². The van der Waals surface area contributed by atoms with Crippen LogP contribution in [0.4, 0.5) is 22.0 Å². The normalized spacial score (nSPS) is 13.7. The lowest BCUT2D eigenvalue weighted by Crippen LogP contribution is -2.17. The smallest absolute Gasteiger partial charge is 0.372 e. The third kappa shape index (κ3) is 5.30. The van der Waals surface area contributed by atoms with Gasteiger partial charge in [-0.05, 0) is 12.5 Å². The van der Waals surface area contributed by atoms with Crippen molar-refractivity contribution >= 4 is 15.9 Å².